The van der Waals surface area contributed by atoms with Gasteiger partial charge in [0.15, 0.2) is 0 Å². The van der Waals surface area contributed by atoms with Crippen LogP contribution in [0.5, 0.6) is 0 Å². The molecule has 1 N–H and O–H groups in total. The average molecular weight is 288 g/mol. The highest BCUT2D eigenvalue weighted by Gasteiger charge is 2.29. The quantitative estimate of drug-likeness (QED) is 0.924. The van der Waals surface area contributed by atoms with Crippen molar-refractivity contribution in [1.29, 1.82) is 0 Å². The summed E-state index contributed by atoms with van der Waals surface area (Å²) < 4.78 is 0. The Morgan fingerprint density at radius 3 is 2.81 bits per heavy atom. The van der Waals surface area contributed by atoms with E-state index in [9.17, 15) is 4.79 Å². The van der Waals surface area contributed by atoms with Gasteiger partial charge in [-0.15, -0.1) is 0 Å². The fourth-order valence-corrected chi connectivity index (χ4v) is 3.32. The normalized spacial score (nSPS) is 22.4. The van der Waals surface area contributed by atoms with Gasteiger partial charge in [0, 0.05) is 19.1 Å². The second kappa shape index (κ2) is 7.08. The third-order valence-electron chi connectivity index (χ3n) is 4.83. The second-order valence-corrected chi connectivity index (χ2v) is 6.30. The molecule has 1 aromatic carbocycles. The zero-order valence-electron chi connectivity index (χ0n) is 13.8. The average Bonchev–Trinajstić information content (AvgIpc) is 2.50. The van der Waals surface area contributed by atoms with Crippen molar-refractivity contribution in [2.45, 2.75) is 46.1 Å². The molecule has 0 spiro atoms. The third-order valence-corrected chi connectivity index (χ3v) is 4.83. The smallest absolute Gasteiger partial charge is 0.227 e. The summed E-state index contributed by atoms with van der Waals surface area (Å²) in [5.74, 6) is 0.850. The second-order valence-electron chi connectivity index (χ2n) is 6.30. The Labute approximate surface area is 128 Å². The molecule has 3 nitrogen and oxygen atoms in total. The van der Waals surface area contributed by atoms with Gasteiger partial charge in [0.1, 0.15) is 0 Å². The van der Waals surface area contributed by atoms with E-state index < -0.39 is 0 Å². The number of piperidine rings is 1. The highest BCUT2D eigenvalue weighted by atomic mass is 16.2. The number of amides is 1. The van der Waals surface area contributed by atoms with Gasteiger partial charge >= 0.3 is 0 Å². The number of hydrogen-bond donors (Lipinski definition) is 1. The van der Waals surface area contributed by atoms with Gasteiger partial charge in [-0.1, -0.05) is 37.1 Å². The summed E-state index contributed by atoms with van der Waals surface area (Å²) >= 11 is 0. The number of nitrogens with zero attached hydrogens (tertiary/aromatic N) is 1. The molecule has 1 saturated heterocycles. The van der Waals surface area contributed by atoms with E-state index in [1.54, 1.807) is 0 Å². The van der Waals surface area contributed by atoms with Crippen LogP contribution in [0.3, 0.4) is 0 Å². The molecule has 3 heteroatoms. The first-order chi connectivity index (χ1) is 10.0. The lowest BCUT2D eigenvalue weighted by Crippen LogP contribution is -2.50. The van der Waals surface area contributed by atoms with Crippen LogP contribution in [0.15, 0.2) is 18.2 Å². The largest absolute Gasteiger partial charge is 0.342 e. The molecule has 1 heterocycles. The van der Waals surface area contributed by atoms with Crippen molar-refractivity contribution in [3.8, 4) is 0 Å². The van der Waals surface area contributed by atoms with Crippen LogP contribution < -0.4 is 5.32 Å². The number of carbonyl (C=O) groups excluding carboxylic acids is 1. The first-order valence-corrected chi connectivity index (χ1v) is 8.06. The lowest BCUT2D eigenvalue weighted by atomic mass is 9.89. The number of hydrogen-bond acceptors (Lipinski definition) is 2. The zero-order chi connectivity index (χ0) is 15.4. The first kappa shape index (κ1) is 16.0. The van der Waals surface area contributed by atoms with E-state index in [4.69, 9.17) is 0 Å². The molecule has 0 saturated carbocycles. The van der Waals surface area contributed by atoms with Crippen LogP contribution in [0.1, 0.15) is 36.5 Å². The van der Waals surface area contributed by atoms with E-state index in [2.05, 4.69) is 49.2 Å². The van der Waals surface area contributed by atoms with Gasteiger partial charge < -0.3 is 10.2 Å². The molecular weight excluding hydrogens is 260 g/mol. The fourth-order valence-electron chi connectivity index (χ4n) is 3.32. The van der Waals surface area contributed by atoms with Gasteiger partial charge in [-0.3, -0.25) is 4.79 Å². The summed E-state index contributed by atoms with van der Waals surface area (Å²) in [5.41, 5.74) is 3.61. The van der Waals surface area contributed by atoms with Crippen molar-refractivity contribution in [2.75, 3.05) is 20.1 Å². The molecule has 1 amide bonds. The molecule has 0 aliphatic carbocycles. The van der Waals surface area contributed by atoms with Crippen molar-refractivity contribution in [1.82, 2.24) is 10.2 Å². The van der Waals surface area contributed by atoms with Crippen LogP contribution in [-0.4, -0.2) is 37.0 Å². The van der Waals surface area contributed by atoms with Gasteiger partial charge in [-0.05, 0) is 44.4 Å². The van der Waals surface area contributed by atoms with Gasteiger partial charge in [0.05, 0.1) is 6.42 Å². The minimum Gasteiger partial charge on any atom is -0.342 e. The number of rotatable bonds is 4. The Balaban J connectivity index is 2.02. The van der Waals surface area contributed by atoms with Crippen LogP contribution in [-0.2, 0) is 11.2 Å². The number of benzene rings is 1. The maximum absolute atomic E-state index is 12.6. The predicted molar refractivity (Wildman–Crippen MR) is 87.4 cm³/mol. The molecular formula is C18H28N2O. The number of nitrogens with one attached hydrogen (secondary N) is 1. The third kappa shape index (κ3) is 3.85. The van der Waals surface area contributed by atoms with Crippen LogP contribution in [0.4, 0.5) is 0 Å². The van der Waals surface area contributed by atoms with E-state index in [0.29, 0.717) is 18.4 Å². The highest BCUT2D eigenvalue weighted by Crippen LogP contribution is 2.21. The summed E-state index contributed by atoms with van der Waals surface area (Å²) in [4.78, 5) is 14.7. The fraction of sp³-hybridized carbons (Fsp3) is 0.611. The summed E-state index contributed by atoms with van der Waals surface area (Å²) in [6.45, 7) is 8.16. The van der Waals surface area contributed by atoms with Crippen molar-refractivity contribution >= 4 is 5.91 Å². The maximum atomic E-state index is 12.6. The Hall–Kier alpha value is -1.35. The van der Waals surface area contributed by atoms with Crippen molar-refractivity contribution in [2.24, 2.45) is 5.92 Å². The summed E-state index contributed by atoms with van der Waals surface area (Å²) in [5, 5.41) is 3.39. The Kier molecular flexibility index (Phi) is 5.40. The van der Waals surface area contributed by atoms with E-state index in [-0.39, 0.29) is 5.91 Å². The summed E-state index contributed by atoms with van der Waals surface area (Å²) in [6, 6.07) is 6.92. The van der Waals surface area contributed by atoms with Crippen LogP contribution in [0.25, 0.3) is 0 Å². The van der Waals surface area contributed by atoms with Crippen LogP contribution in [0.2, 0.25) is 0 Å². The summed E-state index contributed by atoms with van der Waals surface area (Å²) in [7, 11) is 2.03. The monoisotopic (exact) mass is 288 g/mol. The summed E-state index contributed by atoms with van der Waals surface area (Å²) in [6.07, 6.45) is 2.72. The molecule has 1 aliphatic rings. The standard InChI is InChI=1S/C18H28N2O/c1-5-15-12-20(9-8-17(15)19-4)18(21)11-16-10-13(2)6-7-14(16)3/h6-7,10,15,17,19H,5,8-9,11-12H2,1-4H3. The molecule has 0 radical (unpaired) electrons. The van der Waals surface area contributed by atoms with E-state index in [0.717, 1.165) is 25.9 Å². The van der Waals surface area contributed by atoms with Gasteiger partial charge in [0.2, 0.25) is 5.91 Å². The molecule has 1 fully saturated rings. The first-order valence-electron chi connectivity index (χ1n) is 8.06. The Morgan fingerprint density at radius 2 is 2.14 bits per heavy atom. The molecule has 21 heavy (non-hydrogen) atoms. The number of carbonyl (C=O) groups is 1. The molecule has 2 atom stereocenters. The molecule has 0 aromatic heterocycles. The van der Waals surface area contributed by atoms with E-state index in [1.807, 2.05) is 7.05 Å². The highest BCUT2D eigenvalue weighted by molar-refractivity contribution is 5.79. The van der Waals surface area contributed by atoms with Crippen LogP contribution >= 0.6 is 0 Å². The SMILES string of the molecule is CCC1CN(C(=O)Cc2cc(C)ccc2C)CCC1NC. The van der Waals surface area contributed by atoms with Crippen molar-refractivity contribution in [3.05, 3.63) is 34.9 Å². The van der Waals surface area contributed by atoms with Gasteiger partial charge in [-0.2, -0.15) is 0 Å². The molecule has 116 valence electrons. The lowest BCUT2D eigenvalue weighted by Gasteiger charge is -2.38. The molecule has 1 aromatic rings. The topological polar surface area (TPSA) is 32.3 Å². The van der Waals surface area contributed by atoms with Crippen molar-refractivity contribution in [3.63, 3.8) is 0 Å². The Bertz CT molecular complexity index is 498. The zero-order valence-corrected chi connectivity index (χ0v) is 13.8. The molecule has 2 rings (SSSR count). The van der Waals surface area contributed by atoms with Crippen LogP contribution in [0, 0.1) is 19.8 Å². The lowest BCUT2D eigenvalue weighted by molar-refractivity contribution is -0.132. The number of likely N-dealkylation sites (tertiary alicyclic amines) is 1. The number of aryl methyl sites for hydroxylation is 2. The minimum absolute atomic E-state index is 0.275. The minimum atomic E-state index is 0.275. The molecule has 2 unspecified atom stereocenters. The predicted octanol–water partition coefficient (Wildman–Crippen LogP) is 2.69. The van der Waals surface area contributed by atoms with Gasteiger partial charge in [-0.25, -0.2) is 0 Å². The Morgan fingerprint density at radius 1 is 1.38 bits per heavy atom. The van der Waals surface area contributed by atoms with Gasteiger partial charge in [0.25, 0.3) is 0 Å². The maximum Gasteiger partial charge on any atom is 0.227 e. The molecule has 1 aliphatic heterocycles. The van der Waals surface area contributed by atoms with E-state index >= 15 is 0 Å². The van der Waals surface area contributed by atoms with E-state index in [1.165, 1.54) is 16.7 Å². The van der Waals surface area contributed by atoms with Crippen molar-refractivity contribution < 1.29 is 4.79 Å². The molecule has 0 bridgehead atoms.